The fourth-order valence-corrected chi connectivity index (χ4v) is 6.38. The molecular weight excluding hydrogens is 640 g/mol. The van der Waals surface area contributed by atoms with Crippen molar-refractivity contribution in [2.45, 2.75) is 76.1 Å². The third-order valence-corrected chi connectivity index (χ3v) is 8.98. The van der Waals surface area contributed by atoms with Crippen LogP contribution in [0.1, 0.15) is 34.2 Å². The smallest absolute Gasteiger partial charge is 0.116 e. The standard InChI is InChI=1S/C44H48O7/c45-27-16-28-46-39-40(47-29-34-17-6-1-7-18-34)42(49-31-36-21-10-3-11-22-36)44(51-33-38-25-14-5-15-26-38)43(50-32-37-23-12-4-13-24-37)41(39)48-30-35-19-8-2-9-20-35/h1-15,17-26,39-45H,16,27-33H2/t39-,40?,41?,42?,43?,44-. The van der Waals surface area contributed by atoms with E-state index in [2.05, 4.69) is 12.1 Å². The lowest BCUT2D eigenvalue weighted by Gasteiger charge is -2.49. The summed E-state index contributed by atoms with van der Waals surface area (Å²) in [6.45, 7) is 2.01. The quantitative estimate of drug-likeness (QED) is 0.0892. The molecule has 0 saturated heterocycles. The summed E-state index contributed by atoms with van der Waals surface area (Å²) in [7, 11) is 0. The van der Waals surface area contributed by atoms with Gasteiger partial charge in [-0.1, -0.05) is 152 Å². The molecule has 4 unspecified atom stereocenters. The Hall–Kier alpha value is -4.18. The molecule has 7 nitrogen and oxygen atoms in total. The number of rotatable bonds is 19. The van der Waals surface area contributed by atoms with E-state index in [0.29, 0.717) is 46.1 Å². The van der Waals surface area contributed by atoms with Crippen LogP contribution in [-0.2, 0) is 61.5 Å². The first-order chi connectivity index (χ1) is 25.3. The maximum Gasteiger partial charge on any atom is 0.116 e. The molecule has 5 aromatic rings. The third kappa shape index (κ3) is 10.9. The van der Waals surface area contributed by atoms with E-state index in [9.17, 15) is 5.11 Å². The van der Waals surface area contributed by atoms with Crippen LogP contribution in [0.25, 0.3) is 0 Å². The van der Waals surface area contributed by atoms with Crippen LogP contribution in [0, 0.1) is 0 Å². The second kappa shape index (κ2) is 20.0. The van der Waals surface area contributed by atoms with E-state index in [4.69, 9.17) is 28.4 Å². The SMILES string of the molecule is OCCCO[C@H]1C(OCc2ccccc2)C(OCc2ccccc2)[C@H](OCc2ccccc2)C(OCc2ccccc2)C1OCc1ccccc1. The van der Waals surface area contributed by atoms with Crippen molar-refractivity contribution in [2.75, 3.05) is 13.2 Å². The van der Waals surface area contributed by atoms with Crippen LogP contribution in [0.2, 0.25) is 0 Å². The van der Waals surface area contributed by atoms with Gasteiger partial charge in [0.05, 0.1) is 33.0 Å². The fourth-order valence-electron chi connectivity index (χ4n) is 6.38. The highest BCUT2D eigenvalue weighted by molar-refractivity contribution is 5.18. The molecule has 0 aromatic heterocycles. The molecule has 0 heterocycles. The zero-order valence-corrected chi connectivity index (χ0v) is 29.0. The van der Waals surface area contributed by atoms with E-state index >= 15 is 0 Å². The van der Waals surface area contributed by atoms with Crippen LogP contribution in [0.3, 0.4) is 0 Å². The lowest BCUT2D eigenvalue weighted by Crippen LogP contribution is -2.67. The van der Waals surface area contributed by atoms with Gasteiger partial charge in [-0.3, -0.25) is 0 Å². The largest absolute Gasteiger partial charge is 0.396 e. The second-order valence-corrected chi connectivity index (χ2v) is 12.7. The summed E-state index contributed by atoms with van der Waals surface area (Å²) in [5.74, 6) is 0. The predicted molar refractivity (Wildman–Crippen MR) is 197 cm³/mol. The van der Waals surface area contributed by atoms with Gasteiger partial charge in [-0.15, -0.1) is 0 Å². The number of aliphatic hydroxyl groups is 1. The Bertz CT molecular complexity index is 1540. The molecule has 7 heteroatoms. The summed E-state index contributed by atoms with van der Waals surface area (Å²) in [6.07, 6.45) is -3.16. The number of ether oxygens (including phenoxy) is 6. The summed E-state index contributed by atoms with van der Waals surface area (Å²) in [5.41, 5.74) is 5.15. The molecule has 1 saturated carbocycles. The van der Waals surface area contributed by atoms with Crippen LogP contribution < -0.4 is 0 Å². The molecule has 4 atom stereocenters. The van der Waals surface area contributed by atoms with Crippen molar-refractivity contribution in [3.8, 4) is 0 Å². The average Bonchev–Trinajstić information content (AvgIpc) is 3.19. The Labute approximate surface area is 301 Å². The van der Waals surface area contributed by atoms with Crippen molar-refractivity contribution >= 4 is 0 Å². The lowest BCUT2D eigenvalue weighted by molar-refractivity contribution is -0.290. The zero-order chi connectivity index (χ0) is 34.9. The summed E-state index contributed by atoms with van der Waals surface area (Å²) >= 11 is 0. The van der Waals surface area contributed by atoms with E-state index in [1.54, 1.807) is 0 Å². The van der Waals surface area contributed by atoms with Crippen molar-refractivity contribution in [2.24, 2.45) is 0 Å². The molecule has 0 radical (unpaired) electrons. The molecule has 51 heavy (non-hydrogen) atoms. The Balaban J connectivity index is 1.40. The number of aliphatic hydroxyl groups excluding tert-OH is 1. The van der Waals surface area contributed by atoms with Crippen molar-refractivity contribution in [3.63, 3.8) is 0 Å². The summed E-state index contributed by atoms with van der Waals surface area (Å²) in [5, 5.41) is 9.76. The first-order valence-electron chi connectivity index (χ1n) is 17.8. The van der Waals surface area contributed by atoms with Crippen molar-refractivity contribution in [1.29, 1.82) is 0 Å². The molecule has 1 fully saturated rings. The normalized spacial score (nSPS) is 21.7. The highest BCUT2D eigenvalue weighted by Crippen LogP contribution is 2.36. The molecule has 1 N–H and O–H groups in total. The van der Waals surface area contributed by atoms with Gasteiger partial charge in [0.1, 0.15) is 36.6 Å². The molecule has 6 rings (SSSR count). The van der Waals surface area contributed by atoms with Crippen molar-refractivity contribution < 1.29 is 33.5 Å². The number of benzene rings is 5. The minimum absolute atomic E-state index is 0.00246. The molecular formula is C44H48O7. The summed E-state index contributed by atoms with van der Waals surface area (Å²) in [4.78, 5) is 0. The van der Waals surface area contributed by atoms with Crippen LogP contribution in [-0.4, -0.2) is 54.9 Å². The first kappa shape index (κ1) is 36.6. The minimum Gasteiger partial charge on any atom is -0.396 e. The average molecular weight is 689 g/mol. The summed E-state index contributed by atoms with van der Waals surface area (Å²) < 4.78 is 41.1. The second-order valence-electron chi connectivity index (χ2n) is 12.7. The maximum atomic E-state index is 9.76. The zero-order valence-electron chi connectivity index (χ0n) is 29.0. The third-order valence-electron chi connectivity index (χ3n) is 8.98. The highest BCUT2D eigenvalue weighted by atomic mass is 16.6. The fraction of sp³-hybridized carbons (Fsp3) is 0.318. The molecule has 0 spiro atoms. The molecule has 0 aliphatic heterocycles. The van der Waals surface area contributed by atoms with Gasteiger partial charge in [-0.25, -0.2) is 0 Å². The van der Waals surface area contributed by atoms with Crippen molar-refractivity contribution in [1.82, 2.24) is 0 Å². The number of hydrogen-bond donors (Lipinski definition) is 1. The predicted octanol–water partition coefficient (Wildman–Crippen LogP) is 7.69. The Morgan fingerprint density at radius 3 is 0.745 bits per heavy atom. The van der Waals surface area contributed by atoms with E-state index in [-0.39, 0.29) is 6.61 Å². The van der Waals surface area contributed by atoms with Gasteiger partial charge in [0.25, 0.3) is 0 Å². The lowest BCUT2D eigenvalue weighted by atomic mass is 9.83. The Kier molecular flexibility index (Phi) is 14.4. The van der Waals surface area contributed by atoms with Gasteiger partial charge in [-0.2, -0.15) is 0 Å². The van der Waals surface area contributed by atoms with E-state index in [1.165, 1.54) is 0 Å². The minimum atomic E-state index is -0.609. The van der Waals surface area contributed by atoms with E-state index < -0.39 is 36.6 Å². The molecule has 0 bridgehead atoms. The number of hydrogen-bond acceptors (Lipinski definition) is 7. The van der Waals surface area contributed by atoms with Gasteiger partial charge < -0.3 is 33.5 Å². The van der Waals surface area contributed by atoms with Crippen LogP contribution in [0.15, 0.2) is 152 Å². The van der Waals surface area contributed by atoms with E-state index in [0.717, 1.165) is 27.8 Å². The van der Waals surface area contributed by atoms with Gasteiger partial charge in [0, 0.05) is 13.2 Å². The van der Waals surface area contributed by atoms with Crippen molar-refractivity contribution in [3.05, 3.63) is 179 Å². The van der Waals surface area contributed by atoms with Crippen LogP contribution in [0.5, 0.6) is 0 Å². The molecule has 1 aliphatic rings. The van der Waals surface area contributed by atoms with Crippen LogP contribution in [0.4, 0.5) is 0 Å². The molecule has 266 valence electrons. The summed E-state index contributed by atoms with van der Waals surface area (Å²) in [6, 6.07) is 50.5. The molecule has 1 aliphatic carbocycles. The Morgan fingerprint density at radius 1 is 0.314 bits per heavy atom. The first-order valence-corrected chi connectivity index (χ1v) is 17.8. The molecule has 5 aromatic carbocycles. The topological polar surface area (TPSA) is 75.6 Å². The molecule has 0 amide bonds. The van der Waals surface area contributed by atoms with Gasteiger partial charge in [0.15, 0.2) is 0 Å². The van der Waals surface area contributed by atoms with Crippen LogP contribution >= 0.6 is 0 Å². The van der Waals surface area contributed by atoms with Gasteiger partial charge >= 0.3 is 0 Å². The highest BCUT2D eigenvalue weighted by Gasteiger charge is 2.55. The maximum absolute atomic E-state index is 9.76. The Morgan fingerprint density at radius 2 is 0.529 bits per heavy atom. The van der Waals surface area contributed by atoms with E-state index in [1.807, 2.05) is 140 Å². The van der Waals surface area contributed by atoms with Gasteiger partial charge in [0.2, 0.25) is 0 Å². The monoisotopic (exact) mass is 688 g/mol. The van der Waals surface area contributed by atoms with Gasteiger partial charge in [-0.05, 0) is 34.2 Å².